The fraction of sp³-hybridized carbons (Fsp3) is 0.375. The van der Waals surface area contributed by atoms with Gasteiger partial charge >= 0.3 is 0 Å². The van der Waals surface area contributed by atoms with Gasteiger partial charge in [0.15, 0.2) is 11.6 Å². The second kappa shape index (κ2) is 8.60. The number of likely N-dealkylation sites (tertiary alicyclic amines) is 1. The van der Waals surface area contributed by atoms with Gasteiger partial charge in [-0.1, -0.05) is 6.07 Å². The minimum Gasteiger partial charge on any atom is -0.453 e. The van der Waals surface area contributed by atoms with E-state index in [9.17, 15) is 19.1 Å². The number of Topliss-reactive ketones (excluding diaryl/α,β-unsaturated/α-hetero) is 1. The number of fused-ring (bicyclic) bond motifs is 1. The Kier molecular flexibility index (Phi) is 5.65. The van der Waals surface area contributed by atoms with E-state index in [1.54, 1.807) is 29.3 Å². The third-order valence-electron chi connectivity index (χ3n) is 5.87. The van der Waals surface area contributed by atoms with Gasteiger partial charge in [0.25, 0.3) is 5.91 Å². The van der Waals surface area contributed by atoms with Gasteiger partial charge in [0.05, 0.1) is 21.2 Å². The zero-order valence-corrected chi connectivity index (χ0v) is 18.2. The van der Waals surface area contributed by atoms with Crippen molar-refractivity contribution in [3.05, 3.63) is 52.8 Å². The van der Waals surface area contributed by atoms with Crippen LogP contribution in [0.4, 0.5) is 4.39 Å². The molecule has 6 nitrogen and oxygen atoms in total. The molecule has 1 N–H and O–H groups in total. The van der Waals surface area contributed by atoms with E-state index in [2.05, 4.69) is 4.98 Å². The number of hydrogen-bond donors (Lipinski definition) is 1. The highest BCUT2D eigenvalue weighted by Crippen LogP contribution is 2.37. The first kappa shape index (κ1) is 21.0. The largest absolute Gasteiger partial charge is 0.453 e. The summed E-state index contributed by atoms with van der Waals surface area (Å²) in [5.41, 5.74) is 1.23. The Morgan fingerprint density at radius 1 is 1.19 bits per heavy atom. The molecule has 0 spiro atoms. The topological polar surface area (TPSA) is 79.7 Å². The molecule has 1 aliphatic heterocycles. The summed E-state index contributed by atoms with van der Waals surface area (Å²) >= 11 is 1.24. The van der Waals surface area contributed by atoms with E-state index in [1.807, 2.05) is 0 Å². The summed E-state index contributed by atoms with van der Waals surface area (Å²) in [6, 6.07) is 7.93. The normalized spacial score (nSPS) is 18.3. The first-order valence-corrected chi connectivity index (χ1v) is 11.6. The van der Waals surface area contributed by atoms with Gasteiger partial charge < -0.3 is 14.7 Å². The maximum Gasteiger partial charge on any atom is 0.264 e. The molecule has 1 saturated heterocycles. The number of aromatic nitrogens is 1. The lowest BCUT2D eigenvalue weighted by Crippen LogP contribution is -2.28. The molecule has 3 heterocycles. The van der Waals surface area contributed by atoms with E-state index in [0.717, 1.165) is 12.8 Å². The average Bonchev–Trinajstić information content (AvgIpc) is 3.28. The van der Waals surface area contributed by atoms with Gasteiger partial charge in [-0.05, 0) is 48.9 Å². The molecule has 0 bridgehead atoms. The average molecular weight is 455 g/mol. The number of nitrogens with zero attached hydrogens (tertiary/aromatic N) is 2. The Hall–Kier alpha value is -2.84. The third-order valence-corrected chi connectivity index (χ3v) is 6.99. The first-order chi connectivity index (χ1) is 15.5. The fourth-order valence-electron chi connectivity index (χ4n) is 3.98. The van der Waals surface area contributed by atoms with Crippen molar-refractivity contribution in [3.63, 3.8) is 0 Å². The monoisotopic (exact) mass is 454 g/mol. The first-order valence-electron chi connectivity index (χ1n) is 10.8. The highest BCUT2D eigenvalue weighted by Gasteiger charge is 2.27. The molecule has 2 fully saturated rings. The lowest BCUT2D eigenvalue weighted by Gasteiger charge is -2.13. The van der Waals surface area contributed by atoms with Crippen molar-refractivity contribution in [2.24, 2.45) is 5.92 Å². The van der Waals surface area contributed by atoms with Crippen molar-refractivity contribution >= 4 is 33.2 Å². The van der Waals surface area contributed by atoms with Gasteiger partial charge in [0, 0.05) is 38.2 Å². The number of β-amino-alcohol motifs (C(OH)–C–C–N with tert-alkyl or cyclic N) is 1. The van der Waals surface area contributed by atoms with Crippen LogP contribution in [0.25, 0.3) is 10.2 Å². The van der Waals surface area contributed by atoms with Crippen LogP contribution >= 0.6 is 11.3 Å². The molecule has 1 saturated carbocycles. The third kappa shape index (κ3) is 4.52. The summed E-state index contributed by atoms with van der Waals surface area (Å²) in [5.74, 6) is 0.434. The van der Waals surface area contributed by atoms with E-state index in [1.165, 1.54) is 23.5 Å². The maximum absolute atomic E-state index is 14.7. The molecular formula is C24H23FN2O4S. The van der Waals surface area contributed by atoms with E-state index in [4.69, 9.17) is 4.74 Å². The van der Waals surface area contributed by atoms with Gasteiger partial charge in [-0.2, -0.15) is 0 Å². The predicted octanol–water partition coefficient (Wildman–Crippen LogP) is 4.35. The molecule has 0 unspecified atom stereocenters. The molecular weight excluding hydrogens is 431 g/mol. The number of thiophene rings is 1. The van der Waals surface area contributed by atoms with E-state index < -0.39 is 11.9 Å². The van der Waals surface area contributed by atoms with Crippen LogP contribution in [-0.4, -0.2) is 45.9 Å². The van der Waals surface area contributed by atoms with Crippen molar-refractivity contribution in [2.75, 3.05) is 13.1 Å². The number of pyridine rings is 1. The molecule has 166 valence electrons. The standard InChI is InChI=1S/C24H23FN2O4S/c25-18-11-15(10-17(29)9-14-1-2-14)3-4-20(18)31-21-5-7-26-19-12-22(32-23(19)21)24(30)27-8-6-16(28)13-27/h3-5,7,11-12,14,16,28H,1-2,6,8-10,13H2/t16-/m0/s1. The second-order valence-electron chi connectivity index (χ2n) is 8.56. The van der Waals surface area contributed by atoms with Gasteiger partial charge in [-0.25, -0.2) is 4.39 Å². The summed E-state index contributed by atoms with van der Waals surface area (Å²) in [6.07, 6.45) is 4.68. The molecule has 1 aliphatic carbocycles. The SMILES string of the molecule is O=C(Cc1ccc(Oc2ccnc3cc(C(=O)N4CC[C@H](O)C4)sc23)c(F)c1)CC1CC1. The second-order valence-corrected chi connectivity index (χ2v) is 9.61. The van der Waals surface area contributed by atoms with Gasteiger partial charge in [0.1, 0.15) is 11.5 Å². The molecule has 2 aliphatic rings. The van der Waals surface area contributed by atoms with E-state index >= 15 is 0 Å². The molecule has 1 amide bonds. The van der Waals surface area contributed by atoms with Crippen LogP contribution in [0.3, 0.4) is 0 Å². The van der Waals surface area contributed by atoms with Crippen LogP contribution < -0.4 is 4.74 Å². The fourth-order valence-corrected chi connectivity index (χ4v) is 5.02. The molecule has 5 rings (SSSR count). The number of carbonyl (C=O) groups is 2. The number of ether oxygens (including phenoxy) is 1. The summed E-state index contributed by atoms with van der Waals surface area (Å²) < 4.78 is 21.2. The van der Waals surface area contributed by atoms with Crippen LogP contribution in [-0.2, 0) is 11.2 Å². The zero-order chi connectivity index (χ0) is 22.2. The van der Waals surface area contributed by atoms with E-state index in [-0.39, 0.29) is 23.9 Å². The van der Waals surface area contributed by atoms with Crippen LogP contribution in [0, 0.1) is 11.7 Å². The number of benzene rings is 1. The van der Waals surface area contributed by atoms with Crippen molar-refractivity contribution in [2.45, 2.75) is 38.2 Å². The minimum absolute atomic E-state index is 0.0554. The van der Waals surface area contributed by atoms with Crippen LogP contribution in [0.15, 0.2) is 36.5 Å². The van der Waals surface area contributed by atoms with Crippen LogP contribution in [0.5, 0.6) is 11.5 Å². The molecule has 1 atom stereocenters. The highest BCUT2D eigenvalue weighted by atomic mass is 32.1. The van der Waals surface area contributed by atoms with Crippen molar-refractivity contribution in [1.29, 1.82) is 0 Å². The highest BCUT2D eigenvalue weighted by molar-refractivity contribution is 7.21. The smallest absolute Gasteiger partial charge is 0.264 e. The van der Waals surface area contributed by atoms with Crippen LogP contribution in [0.2, 0.25) is 0 Å². The van der Waals surface area contributed by atoms with Gasteiger partial charge in [0.2, 0.25) is 0 Å². The van der Waals surface area contributed by atoms with Gasteiger partial charge in [-0.3, -0.25) is 14.6 Å². The number of ketones is 1. The Balaban J connectivity index is 1.34. The van der Waals surface area contributed by atoms with Crippen molar-refractivity contribution < 1.29 is 23.8 Å². The molecule has 0 radical (unpaired) electrons. The number of halogens is 1. The number of amides is 1. The quantitative estimate of drug-likeness (QED) is 0.574. The molecule has 2 aromatic heterocycles. The minimum atomic E-state index is -0.536. The number of aliphatic hydroxyl groups excluding tert-OH is 1. The molecule has 3 aromatic rings. The Labute approximate surface area is 188 Å². The molecule has 1 aromatic carbocycles. The Morgan fingerprint density at radius 2 is 2.03 bits per heavy atom. The number of aliphatic hydroxyl groups is 1. The molecule has 32 heavy (non-hydrogen) atoms. The number of rotatable bonds is 7. The summed E-state index contributed by atoms with van der Waals surface area (Å²) in [5, 5.41) is 9.70. The lowest BCUT2D eigenvalue weighted by molar-refractivity contribution is -0.118. The van der Waals surface area contributed by atoms with Crippen molar-refractivity contribution in [1.82, 2.24) is 9.88 Å². The van der Waals surface area contributed by atoms with Crippen LogP contribution in [0.1, 0.15) is 40.9 Å². The van der Waals surface area contributed by atoms with Crippen molar-refractivity contribution in [3.8, 4) is 11.5 Å². The van der Waals surface area contributed by atoms with Gasteiger partial charge in [-0.15, -0.1) is 11.3 Å². The van der Waals surface area contributed by atoms with E-state index in [0.29, 0.717) is 58.3 Å². The maximum atomic E-state index is 14.7. The Bertz CT molecular complexity index is 1190. The summed E-state index contributed by atoms with van der Waals surface area (Å²) in [6.45, 7) is 0.844. The number of carbonyl (C=O) groups excluding carboxylic acids is 2. The number of hydrogen-bond acceptors (Lipinski definition) is 6. The lowest BCUT2D eigenvalue weighted by atomic mass is 10.0. The molecule has 8 heteroatoms. The Morgan fingerprint density at radius 3 is 2.75 bits per heavy atom. The zero-order valence-electron chi connectivity index (χ0n) is 17.4. The predicted molar refractivity (Wildman–Crippen MR) is 119 cm³/mol. The summed E-state index contributed by atoms with van der Waals surface area (Å²) in [7, 11) is 0. The summed E-state index contributed by atoms with van der Waals surface area (Å²) in [4.78, 5) is 31.2.